The molecule has 0 fully saturated rings. The van der Waals surface area contributed by atoms with Gasteiger partial charge in [0.25, 0.3) is 0 Å². The normalized spacial score (nSPS) is 11.6. The first-order chi connectivity index (χ1) is 27.3. The van der Waals surface area contributed by atoms with Gasteiger partial charge in [-0.25, -0.2) is 4.98 Å². The Bertz CT molecular complexity index is 3240. The first-order valence-corrected chi connectivity index (χ1v) is 18.9. The highest BCUT2D eigenvalue weighted by atomic mass is 15.0. The quantitative estimate of drug-likeness (QED) is 0.164. The zero-order valence-corrected chi connectivity index (χ0v) is 30.0. The molecule has 0 saturated carbocycles. The van der Waals surface area contributed by atoms with Crippen molar-refractivity contribution in [1.29, 1.82) is 0 Å². The van der Waals surface area contributed by atoms with Gasteiger partial charge in [0.15, 0.2) is 0 Å². The molecule has 256 valence electrons. The van der Waals surface area contributed by atoms with Crippen molar-refractivity contribution in [3.63, 3.8) is 0 Å². The molecule has 2 heteroatoms. The van der Waals surface area contributed by atoms with E-state index in [1.165, 1.54) is 76.5 Å². The van der Waals surface area contributed by atoms with E-state index in [9.17, 15) is 0 Å². The average Bonchev–Trinajstić information content (AvgIpc) is 3.65. The minimum absolute atomic E-state index is 0.936. The van der Waals surface area contributed by atoms with E-state index >= 15 is 0 Å². The second kappa shape index (κ2) is 12.7. The average molecular weight is 699 g/mol. The second-order valence-electron chi connectivity index (χ2n) is 14.4. The van der Waals surface area contributed by atoms with Crippen LogP contribution in [0.5, 0.6) is 0 Å². The number of hydrogen-bond donors (Lipinski definition) is 0. The fraction of sp³-hybridized carbons (Fsp3) is 0. The van der Waals surface area contributed by atoms with Crippen molar-refractivity contribution in [2.45, 2.75) is 0 Å². The summed E-state index contributed by atoms with van der Waals surface area (Å²) in [5.41, 5.74) is 12.6. The number of benzene rings is 9. The Morgan fingerprint density at radius 2 is 0.818 bits per heavy atom. The summed E-state index contributed by atoms with van der Waals surface area (Å²) >= 11 is 0. The van der Waals surface area contributed by atoms with Crippen LogP contribution in [0.4, 0.5) is 0 Å². The van der Waals surface area contributed by atoms with Crippen molar-refractivity contribution in [2.24, 2.45) is 0 Å². The first-order valence-electron chi connectivity index (χ1n) is 18.9. The maximum atomic E-state index is 5.07. The lowest BCUT2D eigenvalue weighted by Crippen LogP contribution is -1.92. The molecule has 11 aromatic rings. The van der Waals surface area contributed by atoms with Crippen molar-refractivity contribution in [3.8, 4) is 55.9 Å². The standard InChI is InChI=1S/C53H34N2/c1-2-14-38(15-3-1)52-53(55-31-11-10-20-49(55)54-52)39-25-21-37(22-26-39)42-29-30-47-48(34-42)51(44-28-24-36-13-5-7-17-41(36)33-44)46-19-9-8-18-45(46)50(47)43-27-23-35-12-4-6-16-40(35)32-43/h1-34H. The number of imidazole rings is 1. The molecule has 0 bridgehead atoms. The molecule has 0 unspecified atom stereocenters. The van der Waals surface area contributed by atoms with Crippen molar-refractivity contribution >= 4 is 48.7 Å². The Hall–Kier alpha value is -7.29. The third-order valence-electron chi connectivity index (χ3n) is 11.2. The van der Waals surface area contributed by atoms with Crippen LogP contribution in [0.25, 0.3) is 105 Å². The highest BCUT2D eigenvalue weighted by Crippen LogP contribution is 2.46. The molecule has 0 aliphatic carbocycles. The van der Waals surface area contributed by atoms with E-state index in [-0.39, 0.29) is 0 Å². The largest absolute Gasteiger partial charge is 0.299 e. The second-order valence-corrected chi connectivity index (χ2v) is 14.4. The maximum absolute atomic E-state index is 5.07. The molecule has 0 atom stereocenters. The van der Waals surface area contributed by atoms with E-state index in [4.69, 9.17) is 4.98 Å². The van der Waals surface area contributed by atoms with Crippen LogP contribution in [-0.4, -0.2) is 9.38 Å². The van der Waals surface area contributed by atoms with Gasteiger partial charge in [-0.3, -0.25) is 4.40 Å². The van der Waals surface area contributed by atoms with E-state index < -0.39 is 0 Å². The Kier molecular flexibility index (Phi) is 7.21. The van der Waals surface area contributed by atoms with Gasteiger partial charge in [-0.15, -0.1) is 0 Å². The zero-order valence-electron chi connectivity index (χ0n) is 30.0. The van der Waals surface area contributed by atoms with Crippen molar-refractivity contribution < 1.29 is 0 Å². The number of pyridine rings is 1. The number of rotatable bonds is 5. The van der Waals surface area contributed by atoms with Gasteiger partial charge >= 0.3 is 0 Å². The number of aromatic nitrogens is 2. The molecule has 0 amide bonds. The van der Waals surface area contributed by atoms with Crippen molar-refractivity contribution in [3.05, 3.63) is 206 Å². The molecule has 0 N–H and O–H groups in total. The van der Waals surface area contributed by atoms with Crippen molar-refractivity contribution in [1.82, 2.24) is 9.38 Å². The third kappa shape index (κ3) is 5.22. The Labute approximate surface area is 319 Å². The van der Waals surface area contributed by atoms with E-state index in [2.05, 4.69) is 205 Å². The molecule has 0 spiro atoms. The van der Waals surface area contributed by atoms with E-state index in [0.29, 0.717) is 0 Å². The molecule has 11 rings (SSSR count). The van der Waals surface area contributed by atoms with E-state index in [1.807, 2.05) is 6.07 Å². The molecule has 55 heavy (non-hydrogen) atoms. The van der Waals surface area contributed by atoms with Gasteiger partial charge in [0.2, 0.25) is 0 Å². The molecule has 2 heterocycles. The lowest BCUT2D eigenvalue weighted by molar-refractivity contribution is 1.19. The Morgan fingerprint density at radius 1 is 0.309 bits per heavy atom. The van der Waals surface area contributed by atoms with Gasteiger partial charge in [0.05, 0.1) is 11.4 Å². The predicted molar refractivity (Wildman–Crippen MR) is 232 cm³/mol. The molecule has 2 aromatic heterocycles. The Balaban J connectivity index is 1.13. The minimum Gasteiger partial charge on any atom is -0.299 e. The molecule has 0 aliphatic rings. The molecule has 2 nitrogen and oxygen atoms in total. The van der Waals surface area contributed by atoms with Gasteiger partial charge in [0, 0.05) is 17.3 Å². The van der Waals surface area contributed by atoms with Crippen LogP contribution in [0, 0.1) is 0 Å². The molecule has 0 aliphatic heterocycles. The zero-order chi connectivity index (χ0) is 36.3. The van der Waals surface area contributed by atoms with E-state index in [1.54, 1.807) is 0 Å². The van der Waals surface area contributed by atoms with Crippen LogP contribution in [0.1, 0.15) is 0 Å². The monoisotopic (exact) mass is 698 g/mol. The van der Waals surface area contributed by atoms with Crippen LogP contribution in [-0.2, 0) is 0 Å². The summed E-state index contributed by atoms with van der Waals surface area (Å²) in [6.07, 6.45) is 2.10. The van der Waals surface area contributed by atoms with Gasteiger partial charge in [-0.1, -0.05) is 170 Å². The van der Waals surface area contributed by atoms with Gasteiger partial charge in [-0.2, -0.15) is 0 Å². The molecular weight excluding hydrogens is 665 g/mol. The van der Waals surface area contributed by atoms with Crippen LogP contribution in [0.3, 0.4) is 0 Å². The third-order valence-corrected chi connectivity index (χ3v) is 11.2. The van der Waals surface area contributed by atoms with Crippen LogP contribution < -0.4 is 0 Å². The van der Waals surface area contributed by atoms with Crippen LogP contribution >= 0.6 is 0 Å². The summed E-state index contributed by atoms with van der Waals surface area (Å²) in [5.74, 6) is 0. The fourth-order valence-corrected chi connectivity index (χ4v) is 8.56. The lowest BCUT2D eigenvalue weighted by atomic mass is 9.84. The molecule has 0 saturated heterocycles. The minimum atomic E-state index is 0.936. The summed E-state index contributed by atoms with van der Waals surface area (Å²) in [5, 5.41) is 9.98. The van der Waals surface area contributed by atoms with E-state index in [0.717, 1.165) is 28.2 Å². The Morgan fingerprint density at radius 3 is 1.49 bits per heavy atom. The van der Waals surface area contributed by atoms with Crippen molar-refractivity contribution in [2.75, 3.05) is 0 Å². The van der Waals surface area contributed by atoms with Crippen LogP contribution in [0.15, 0.2) is 206 Å². The molecule has 0 radical (unpaired) electrons. The smallest absolute Gasteiger partial charge is 0.137 e. The summed E-state index contributed by atoms with van der Waals surface area (Å²) in [4.78, 5) is 5.07. The summed E-state index contributed by atoms with van der Waals surface area (Å²) in [7, 11) is 0. The summed E-state index contributed by atoms with van der Waals surface area (Å²) in [6, 6.07) is 72.7. The number of hydrogen-bond acceptors (Lipinski definition) is 1. The van der Waals surface area contributed by atoms with Gasteiger partial charge in [0.1, 0.15) is 5.65 Å². The van der Waals surface area contributed by atoms with Crippen LogP contribution in [0.2, 0.25) is 0 Å². The molecular formula is C53H34N2. The highest BCUT2D eigenvalue weighted by molar-refractivity contribution is 6.22. The number of nitrogens with zero attached hydrogens (tertiary/aromatic N) is 2. The fourth-order valence-electron chi connectivity index (χ4n) is 8.56. The maximum Gasteiger partial charge on any atom is 0.137 e. The highest BCUT2D eigenvalue weighted by Gasteiger charge is 2.19. The topological polar surface area (TPSA) is 17.3 Å². The number of fused-ring (bicyclic) bond motifs is 5. The lowest BCUT2D eigenvalue weighted by Gasteiger charge is -2.19. The summed E-state index contributed by atoms with van der Waals surface area (Å²) < 4.78 is 2.20. The SMILES string of the molecule is c1ccc(-c2nc3ccccn3c2-c2ccc(-c3ccc4c(-c5ccc6ccccc6c5)c5ccccc5c(-c5ccc6ccccc6c5)c4c3)cc2)cc1. The van der Waals surface area contributed by atoms with Gasteiger partial charge < -0.3 is 0 Å². The summed E-state index contributed by atoms with van der Waals surface area (Å²) in [6.45, 7) is 0. The first kappa shape index (κ1) is 31.3. The predicted octanol–water partition coefficient (Wildman–Crippen LogP) is 14.3. The molecule has 9 aromatic carbocycles. The van der Waals surface area contributed by atoms with Gasteiger partial charge in [-0.05, 0) is 107 Å².